The molecule has 1 aromatic carbocycles. The third kappa shape index (κ3) is 6.95. The number of anilines is 2. The lowest BCUT2D eigenvalue weighted by molar-refractivity contribution is -0.274. The number of hydrogen-bond acceptors (Lipinski definition) is 6. The van der Waals surface area contributed by atoms with Gasteiger partial charge >= 0.3 is 6.36 Å². The summed E-state index contributed by atoms with van der Waals surface area (Å²) in [7, 11) is 0. The van der Waals surface area contributed by atoms with Crippen LogP contribution in [-0.2, 0) is 9.59 Å². The van der Waals surface area contributed by atoms with Gasteiger partial charge in [0.15, 0.2) is 0 Å². The van der Waals surface area contributed by atoms with Gasteiger partial charge in [0.05, 0.1) is 16.4 Å². The van der Waals surface area contributed by atoms with Gasteiger partial charge < -0.3 is 20.3 Å². The Bertz CT molecular complexity index is 970. The number of thiophene rings is 1. The molecule has 1 aliphatic heterocycles. The van der Waals surface area contributed by atoms with E-state index in [2.05, 4.69) is 15.4 Å². The van der Waals surface area contributed by atoms with Crippen LogP contribution in [-0.4, -0.2) is 66.6 Å². The van der Waals surface area contributed by atoms with Gasteiger partial charge in [-0.1, -0.05) is 0 Å². The molecule has 0 unspecified atom stereocenters. The van der Waals surface area contributed by atoms with Crippen LogP contribution in [0.4, 0.5) is 23.9 Å². The molecule has 0 bridgehead atoms. The Balaban J connectivity index is 1.44. The fourth-order valence-electron chi connectivity index (χ4n) is 3.10. The van der Waals surface area contributed by atoms with Gasteiger partial charge in [-0.3, -0.25) is 19.3 Å². The maximum Gasteiger partial charge on any atom is 0.573 e. The highest BCUT2D eigenvalue weighted by atomic mass is 32.1. The molecule has 2 heterocycles. The highest BCUT2D eigenvalue weighted by Gasteiger charge is 2.31. The average Bonchev–Trinajstić information content (AvgIpc) is 3.16. The van der Waals surface area contributed by atoms with Crippen molar-refractivity contribution in [3.05, 3.63) is 41.3 Å². The van der Waals surface area contributed by atoms with E-state index in [1.165, 1.54) is 30.4 Å². The topological polar surface area (TPSA) is 91.0 Å². The van der Waals surface area contributed by atoms with Crippen LogP contribution in [0.2, 0.25) is 0 Å². The third-order valence-electron chi connectivity index (χ3n) is 4.51. The number of hydrogen-bond donors (Lipinski definition) is 2. The van der Waals surface area contributed by atoms with Crippen molar-refractivity contribution in [3.8, 4) is 5.75 Å². The van der Waals surface area contributed by atoms with Crippen LogP contribution in [0.5, 0.6) is 5.75 Å². The molecule has 3 amide bonds. The van der Waals surface area contributed by atoms with E-state index < -0.39 is 6.36 Å². The normalized spacial score (nSPS) is 14.7. The standard InChI is InChI=1S/C20H21F3N4O4S/c1-13(28)24-18-7-6-16(32-18)19(30)27-10-8-26(9-11-27)12-17(29)25-14-2-4-15(5-3-14)31-20(21,22)23/h2-7H,8-12H2,1H3,(H,24,28)(H,25,29). The van der Waals surface area contributed by atoms with Crippen molar-refractivity contribution >= 4 is 39.7 Å². The number of nitrogens with one attached hydrogen (secondary N) is 2. The Morgan fingerprint density at radius 1 is 1.00 bits per heavy atom. The van der Waals surface area contributed by atoms with E-state index in [-0.39, 0.29) is 30.0 Å². The van der Waals surface area contributed by atoms with Gasteiger partial charge in [0.2, 0.25) is 11.8 Å². The molecule has 0 saturated carbocycles. The predicted molar refractivity (Wildman–Crippen MR) is 113 cm³/mol. The minimum Gasteiger partial charge on any atom is -0.406 e. The van der Waals surface area contributed by atoms with Crippen LogP contribution in [0.15, 0.2) is 36.4 Å². The summed E-state index contributed by atoms with van der Waals surface area (Å²) in [5.41, 5.74) is 0.353. The molecule has 1 aliphatic rings. The molecule has 0 aliphatic carbocycles. The number of halogens is 3. The number of carbonyl (C=O) groups is 3. The van der Waals surface area contributed by atoms with E-state index in [0.717, 1.165) is 12.1 Å². The molecule has 1 fully saturated rings. The van der Waals surface area contributed by atoms with Crippen molar-refractivity contribution in [2.75, 3.05) is 43.4 Å². The maximum absolute atomic E-state index is 12.6. The number of amides is 3. The summed E-state index contributed by atoms with van der Waals surface area (Å²) in [4.78, 5) is 40.1. The highest BCUT2D eigenvalue weighted by molar-refractivity contribution is 7.18. The maximum atomic E-state index is 12.6. The Kier molecular flexibility index (Phi) is 7.36. The zero-order valence-corrected chi connectivity index (χ0v) is 17.9. The van der Waals surface area contributed by atoms with Crippen molar-refractivity contribution in [2.24, 2.45) is 0 Å². The molecular weight excluding hydrogens is 449 g/mol. The van der Waals surface area contributed by atoms with E-state index in [9.17, 15) is 27.6 Å². The van der Waals surface area contributed by atoms with Crippen LogP contribution in [0, 0.1) is 0 Å². The largest absolute Gasteiger partial charge is 0.573 e. The van der Waals surface area contributed by atoms with Gasteiger partial charge in [0.25, 0.3) is 5.91 Å². The first-order valence-electron chi connectivity index (χ1n) is 9.64. The van der Waals surface area contributed by atoms with Crippen molar-refractivity contribution in [2.45, 2.75) is 13.3 Å². The van der Waals surface area contributed by atoms with Gasteiger partial charge in [-0.25, -0.2) is 0 Å². The third-order valence-corrected chi connectivity index (χ3v) is 5.50. The lowest BCUT2D eigenvalue weighted by Gasteiger charge is -2.34. The molecule has 0 radical (unpaired) electrons. The first-order chi connectivity index (χ1) is 15.1. The Labute approximate surface area is 185 Å². The summed E-state index contributed by atoms with van der Waals surface area (Å²) < 4.78 is 40.4. The van der Waals surface area contributed by atoms with Crippen LogP contribution < -0.4 is 15.4 Å². The number of alkyl halides is 3. The first kappa shape index (κ1) is 23.5. The van der Waals surface area contributed by atoms with E-state index in [1.54, 1.807) is 17.0 Å². The smallest absolute Gasteiger partial charge is 0.406 e. The Morgan fingerprint density at radius 2 is 1.66 bits per heavy atom. The van der Waals surface area contributed by atoms with Crippen molar-refractivity contribution in [3.63, 3.8) is 0 Å². The highest BCUT2D eigenvalue weighted by Crippen LogP contribution is 2.25. The zero-order valence-electron chi connectivity index (χ0n) is 17.1. The van der Waals surface area contributed by atoms with Gasteiger partial charge in [0, 0.05) is 38.8 Å². The molecule has 12 heteroatoms. The number of carbonyl (C=O) groups excluding carboxylic acids is 3. The predicted octanol–water partition coefficient (Wildman–Crippen LogP) is 3.00. The molecule has 2 aromatic rings. The number of nitrogens with zero attached hydrogens (tertiary/aromatic N) is 2. The molecule has 1 aromatic heterocycles. The lowest BCUT2D eigenvalue weighted by atomic mass is 10.2. The summed E-state index contributed by atoms with van der Waals surface area (Å²) in [5, 5.41) is 5.88. The van der Waals surface area contributed by atoms with Crippen LogP contribution in [0.1, 0.15) is 16.6 Å². The number of benzene rings is 1. The Hall–Kier alpha value is -3.12. The van der Waals surface area contributed by atoms with Crippen molar-refractivity contribution in [1.82, 2.24) is 9.80 Å². The molecule has 0 atom stereocenters. The fourth-order valence-corrected chi connectivity index (χ4v) is 4.02. The zero-order chi connectivity index (χ0) is 23.3. The molecule has 8 nitrogen and oxygen atoms in total. The SMILES string of the molecule is CC(=O)Nc1ccc(C(=O)N2CCN(CC(=O)Nc3ccc(OC(F)(F)F)cc3)CC2)s1. The molecule has 1 saturated heterocycles. The minimum atomic E-state index is -4.77. The molecule has 2 N–H and O–H groups in total. The minimum absolute atomic E-state index is 0.0918. The molecule has 172 valence electrons. The van der Waals surface area contributed by atoms with Crippen LogP contribution >= 0.6 is 11.3 Å². The summed E-state index contributed by atoms with van der Waals surface area (Å²) in [6.07, 6.45) is -4.77. The van der Waals surface area contributed by atoms with Crippen molar-refractivity contribution in [1.29, 1.82) is 0 Å². The molecular formula is C20H21F3N4O4S. The van der Waals surface area contributed by atoms with E-state index in [1.807, 2.05) is 4.90 Å². The average molecular weight is 470 g/mol. The van der Waals surface area contributed by atoms with Gasteiger partial charge in [-0.15, -0.1) is 24.5 Å². The summed E-state index contributed by atoms with van der Waals surface area (Å²) >= 11 is 1.21. The number of rotatable bonds is 6. The quantitative estimate of drug-likeness (QED) is 0.678. The summed E-state index contributed by atoms with van der Waals surface area (Å²) in [5.74, 6) is -1.01. The van der Waals surface area contributed by atoms with Crippen LogP contribution in [0.3, 0.4) is 0 Å². The second-order valence-corrected chi connectivity index (χ2v) is 8.12. The lowest BCUT2D eigenvalue weighted by Crippen LogP contribution is -2.50. The summed E-state index contributed by atoms with van der Waals surface area (Å²) in [6.45, 7) is 3.39. The van der Waals surface area contributed by atoms with E-state index >= 15 is 0 Å². The monoisotopic (exact) mass is 470 g/mol. The number of ether oxygens (including phenoxy) is 1. The molecule has 32 heavy (non-hydrogen) atoms. The van der Waals surface area contributed by atoms with E-state index in [4.69, 9.17) is 0 Å². The fraction of sp³-hybridized carbons (Fsp3) is 0.350. The summed E-state index contributed by atoms with van der Waals surface area (Å²) in [6, 6.07) is 8.24. The van der Waals surface area contributed by atoms with Gasteiger partial charge in [-0.2, -0.15) is 0 Å². The second kappa shape index (κ2) is 10.0. The van der Waals surface area contributed by atoms with E-state index in [0.29, 0.717) is 41.7 Å². The van der Waals surface area contributed by atoms with Crippen molar-refractivity contribution < 1.29 is 32.3 Å². The van der Waals surface area contributed by atoms with Gasteiger partial charge in [-0.05, 0) is 36.4 Å². The second-order valence-electron chi connectivity index (χ2n) is 7.03. The number of piperazine rings is 1. The van der Waals surface area contributed by atoms with Crippen LogP contribution in [0.25, 0.3) is 0 Å². The molecule has 3 rings (SSSR count). The molecule has 0 spiro atoms. The first-order valence-corrected chi connectivity index (χ1v) is 10.5. The van der Waals surface area contributed by atoms with Gasteiger partial charge in [0.1, 0.15) is 5.75 Å². The Morgan fingerprint density at radius 3 is 2.25 bits per heavy atom.